The monoisotopic (exact) mass is 551 g/mol. The number of hydrogen-bond acceptors (Lipinski definition) is 7. The van der Waals surface area contributed by atoms with Crippen molar-refractivity contribution in [3.63, 3.8) is 0 Å². The van der Waals surface area contributed by atoms with Crippen molar-refractivity contribution in [1.29, 1.82) is 0 Å². The number of carbonyl (C=O) groups is 4. The molecule has 0 saturated heterocycles. The standard InChI is InChI=1S/C32H41NO7/c1-20(29(36)39-31(2,3)4)18-27(34)26(33-30(37)40-32(5,6)7)16-17-28(35)38-19-25-23-14-10-8-12-21(23)22-13-9-11-15-24(22)25/h8-15,20,25-26H,16-19H2,1-7H3,(H,33,37)/t20-,26-/m1/s1. The van der Waals surface area contributed by atoms with Crippen LogP contribution in [0.4, 0.5) is 4.79 Å². The van der Waals surface area contributed by atoms with Crippen molar-refractivity contribution in [2.45, 2.75) is 90.9 Å². The van der Waals surface area contributed by atoms with E-state index in [0.717, 1.165) is 22.3 Å². The van der Waals surface area contributed by atoms with Gasteiger partial charge in [-0.25, -0.2) is 4.79 Å². The summed E-state index contributed by atoms with van der Waals surface area (Å²) < 4.78 is 16.4. The van der Waals surface area contributed by atoms with Gasteiger partial charge in [0.25, 0.3) is 0 Å². The predicted molar refractivity (Wildman–Crippen MR) is 152 cm³/mol. The van der Waals surface area contributed by atoms with Gasteiger partial charge in [-0.2, -0.15) is 0 Å². The topological polar surface area (TPSA) is 108 Å². The number of hydrogen-bond donors (Lipinski definition) is 1. The van der Waals surface area contributed by atoms with E-state index in [2.05, 4.69) is 17.4 Å². The van der Waals surface area contributed by atoms with Crippen LogP contribution in [0.2, 0.25) is 0 Å². The molecule has 0 heterocycles. The van der Waals surface area contributed by atoms with E-state index in [1.807, 2.05) is 36.4 Å². The minimum Gasteiger partial charge on any atom is -0.465 e. The van der Waals surface area contributed by atoms with Gasteiger partial charge in [0.1, 0.15) is 17.8 Å². The fraction of sp³-hybridized carbons (Fsp3) is 0.500. The molecule has 216 valence electrons. The number of ketones is 1. The SMILES string of the molecule is C[C@H](CC(=O)[C@@H](CCC(=O)OCC1c2ccccc2-c2ccccc21)NC(=O)OC(C)(C)C)C(=O)OC(C)(C)C. The summed E-state index contributed by atoms with van der Waals surface area (Å²) in [7, 11) is 0. The van der Waals surface area contributed by atoms with Gasteiger partial charge in [0, 0.05) is 18.8 Å². The normalized spacial score (nSPS) is 14.4. The first-order chi connectivity index (χ1) is 18.6. The molecule has 1 aliphatic carbocycles. The van der Waals surface area contributed by atoms with Crippen LogP contribution < -0.4 is 5.32 Å². The second-order valence-electron chi connectivity index (χ2n) is 12.3. The van der Waals surface area contributed by atoms with Gasteiger partial charge >= 0.3 is 18.0 Å². The van der Waals surface area contributed by atoms with Crippen molar-refractivity contribution in [3.8, 4) is 11.1 Å². The quantitative estimate of drug-likeness (QED) is 0.287. The van der Waals surface area contributed by atoms with Gasteiger partial charge in [-0.05, 0) is 70.2 Å². The number of carbonyl (C=O) groups excluding carboxylic acids is 4. The lowest BCUT2D eigenvalue weighted by atomic mass is 9.97. The van der Waals surface area contributed by atoms with E-state index in [9.17, 15) is 19.2 Å². The van der Waals surface area contributed by atoms with Gasteiger partial charge < -0.3 is 19.5 Å². The molecule has 8 nitrogen and oxygen atoms in total. The maximum absolute atomic E-state index is 13.1. The predicted octanol–water partition coefficient (Wildman–Crippen LogP) is 5.95. The van der Waals surface area contributed by atoms with E-state index in [1.54, 1.807) is 48.5 Å². The summed E-state index contributed by atoms with van der Waals surface area (Å²) in [5.41, 5.74) is 3.01. The molecule has 2 atom stereocenters. The summed E-state index contributed by atoms with van der Waals surface area (Å²) in [5.74, 6) is -2.18. The van der Waals surface area contributed by atoms with Crippen molar-refractivity contribution >= 4 is 23.8 Å². The van der Waals surface area contributed by atoms with Gasteiger partial charge in [-0.15, -0.1) is 0 Å². The van der Waals surface area contributed by atoms with Crippen LogP contribution in [-0.2, 0) is 28.6 Å². The molecular weight excluding hydrogens is 510 g/mol. The van der Waals surface area contributed by atoms with Crippen LogP contribution in [0.3, 0.4) is 0 Å². The Labute approximate surface area is 236 Å². The van der Waals surface area contributed by atoms with Crippen molar-refractivity contribution in [1.82, 2.24) is 5.32 Å². The maximum Gasteiger partial charge on any atom is 0.408 e. The van der Waals surface area contributed by atoms with Crippen LogP contribution in [0.1, 0.15) is 84.8 Å². The molecule has 1 amide bonds. The Balaban J connectivity index is 1.63. The van der Waals surface area contributed by atoms with E-state index >= 15 is 0 Å². The zero-order valence-corrected chi connectivity index (χ0v) is 24.5. The van der Waals surface area contributed by atoms with Gasteiger partial charge in [0.2, 0.25) is 0 Å². The third-order valence-electron chi connectivity index (χ3n) is 6.41. The average Bonchev–Trinajstić information content (AvgIpc) is 3.16. The molecule has 2 aromatic carbocycles. The summed E-state index contributed by atoms with van der Waals surface area (Å²) in [4.78, 5) is 50.8. The highest BCUT2D eigenvalue weighted by atomic mass is 16.6. The Kier molecular flexibility index (Phi) is 9.77. The number of rotatable bonds is 10. The summed E-state index contributed by atoms with van der Waals surface area (Å²) >= 11 is 0. The second-order valence-corrected chi connectivity index (χ2v) is 12.3. The molecule has 2 aromatic rings. The average molecular weight is 552 g/mol. The van der Waals surface area contributed by atoms with Gasteiger partial charge in [0.15, 0.2) is 5.78 Å². The highest BCUT2D eigenvalue weighted by molar-refractivity contribution is 5.91. The molecule has 0 saturated carbocycles. The van der Waals surface area contributed by atoms with E-state index in [0.29, 0.717) is 0 Å². The van der Waals surface area contributed by atoms with E-state index in [-0.39, 0.29) is 31.8 Å². The highest BCUT2D eigenvalue weighted by Gasteiger charge is 2.31. The van der Waals surface area contributed by atoms with Crippen LogP contribution in [0, 0.1) is 5.92 Å². The molecule has 0 bridgehead atoms. The minimum atomic E-state index is -1.03. The molecule has 0 radical (unpaired) electrons. The zero-order valence-electron chi connectivity index (χ0n) is 24.5. The van der Waals surface area contributed by atoms with Crippen LogP contribution in [-0.4, -0.2) is 47.7 Å². The molecule has 1 aliphatic rings. The molecule has 3 rings (SSSR count). The number of benzene rings is 2. The Morgan fingerprint density at radius 1 is 0.825 bits per heavy atom. The van der Waals surface area contributed by atoms with Crippen LogP contribution in [0.25, 0.3) is 11.1 Å². The van der Waals surface area contributed by atoms with Crippen molar-refractivity contribution < 1.29 is 33.4 Å². The number of nitrogens with one attached hydrogen (secondary N) is 1. The molecule has 1 N–H and O–H groups in total. The first kappa shape index (κ1) is 30.9. The van der Waals surface area contributed by atoms with Gasteiger partial charge in [-0.3, -0.25) is 14.4 Å². The molecule has 0 spiro atoms. The Hall–Kier alpha value is -3.68. The highest BCUT2D eigenvalue weighted by Crippen LogP contribution is 2.44. The lowest BCUT2D eigenvalue weighted by molar-refractivity contribution is -0.160. The molecule has 0 aromatic heterocycles. The number of fused-ring (bicyclic) bond motifs is 3. The molecule has 0 fully saturated rings. The summed E-state index contributed by atoms with van der Waals surface area (Å²) in [6, 6.07) is 15.1. The minimum absolute atomic E-state index is 0.00971. The third kappa shape index (κ3) is 8.66. The first-order valence-electron chi connectivity index (χ1n) is 13.7. The van der Waals surface area contributed by atoms with Crippen molar-refractivity contribution in [3.05, 3.63) is 59.7 Å². The van der Waals surface area contributed by atoms with Crippen LogP contribution in [0.5, 0.6) is 0 Å². The van der Waals surface area contributed by atoms with Crippen molar-refractivity contribution in [2.24, 2.45) is 5.92 Å². The fourth-order valence-electron chi connectivity index (χ4n) is 4.64. The number of Topliss-reactive ketones (excluding diaryl/α,β-unsaturated/α-hetero) is 1. The second kappa shape index (κ2) is 12.7. The van der Waals surface area contributed by atoms with Crippen LogP contribution in [0.15, 0.2) is 48.5 Å². The molecule has 40 heavy (non-hydrogen) atoms. The zero-order chi connectivity index (χ0) is 29.7. The molecule has 8 heteroatoms. The fourth-order valence-corrected chi connectivity index (χ4v) is 4.64. The van der Waals surface area contributed by atoms with E-state index < -0.39 is 47.0 Å². The number of amides is 1. The van der Waals surface area contributed by atoms with Crippen molar-refractivity contribution in [2.75, 3.05) is 6.61 Å². The number of ether oxygens (including phenoxy) is 3. The Bertz CT molecular complexity index is 1190. The summed E-state index contributed by atoms with van der Waals surface area (Å²) in [5, 5.41) is 2.57. The molecule has 0 unspecified atom stereocenters. The smallest absolute Gasteiger partial charge is 0.408 e. The summed E-state index contributed by atoms with van der Waals surface area (Å²) in [6.07, 6.45) is -1.01. The van der Waals surface area contributed by atoms with E-state index in [4.69, 9.17) is 14.2 Å². The summed E-state index contributed by atoms with van der Waals surface area (Å²) in [6.45, 7) is 12.2. The maximum atomic E-state index is 13.1. The number of esters is 2. The van der Waals surface area contributed by atoms with E-state index in [1.165, 1.54) is 0 Å². The lowest BCUT2D eigenvalue weighted by Gasteiger charge is -2.25. The van der Waals surface area contributed by atoms with Gasteiger partial charge in [-0.1, -0.05) is 55.5 Å². The Morgan fingerprint density at radius 2 is 1.35 bits per heavy atom. The largest absolute Gasteiger partial charge is 0.465 e. The lowest BCUT2D eigenvalue weighted by Crippen LogP contribution is -2.44. The third-order valence-corrected chi connectivity index (χ3v) is 6.41. The molecule has 0 aliphatic heterocycles. The van der Waals surface area contributed by atoms with Gasteiger partial charge in [0.05, 0.1) is 12.0 Å². The first-order valence-corrected chi connectivity index (χ1v) is 13.7. The van der Waals surface area contributed by atoms with Crippen LogP contribution >= 0.6 is 0 Å². The molecular formula is C32H41NO7. The number of alkyl carbamates (subject to hydrolysis) is 1. The Morgan fingerprint density at radius 3 is 1.88 bits per heavy atom.